The predicted octanol–water partition coefficient (Wildman–Crippen LogP) is 8.26. The number of likely N-dealkylation sites (tertiary alicyclic amines) is 2. The summed E-state index contributed by atoms with van der Waals surface area (Å²) in [7, 11) is 0. The Morgan fingerprint density at radius 2 is 1.49 bits per heavy atom. The van der Waals surface area contributed by atoms with Crippen LogP contribution in [0.3, 0.4) is 0 Å². The van der Waals surface area contributed by atoms with E-state index in [2.05, 4.69) is 72.0 Å². The van der Waals surface area contributed by atoms with Gasteiger partial charge in [-0.1, -0.05) is 55.5 Å². The Morgan fingerprint density at radius 1 is 0.769 bits per heavy atom. The fourth-order valence-electron chi connectivity index (χ4n) is 10.8. The van der Waals surface area contributed by atoms with Gasteiger partial charge in [-0.2, -0.15) is 5.10 Å². The number of amides is 3. The number of hydrogen-bond acceptors (Lipinski definition) is 12. The summed E-state index contributed by atoms with van der Waals surface area (Å²) in [5.41, 5.74) is 13.7. The van der Waals surface area contributed by atoms with Gasteiger partial charge in [0.25, 0.3) is 0 Å². The van der Waals surface area contributed by atoms with Gasteiger partial charge in [0, 0.05) is 43.7 Å². The molecule has 5 aliphatic rings. The molecule has 0 radical (unpaired) electrons. The first kappa shape index (κ1) is 43.2. The van der Waals surface area contributed by atoms with Gasteiger partial charge in [-0.3, -0.25) is 24.7 Å². The first-order chi connectivity index (χ1) is 31.9. The molecule has 10 rings (SSSR count). The number of benzene rings is 1. The number of hydrogen-bond donors (Lipinski definition) is 3. The zero-order valence-corrected chi connectivity index (χ0v) is 37.6. The van der Waals surface area contributed by atoms with Crippen LogP contribution in [0.5, 0.6) is 0 Å². The Bertz CT molecular complexity index is 2460. The van der Waals surface area contributed by atoms with E-state index in [1.54, 1.807) is 0 Å². The fraction of sp³-hybridized carbons (Fsp3) is 0.560. The van der Waals surface area contributed by atoms with E-state index >= 15 is 0 Å². The van der Waals surface area contributed by atoms with E-state index in [0.717, 1.165) is 131 Å². The van der Waals surface area contributed by atoms with E-state index in [-0.39, 0.29) is 23.9 Å². The highest BCUT2D eigenvalue weighted by Crippen LogP contribution is 2.48. The minimum absolute atomic E-state index is 0.195. The summed E-state index contributed by atoms with van der Waals surface area (Å²) < 4.78 is 8.10. The Kier molecular flexibility index (Phi) is 12.9. The van der Waals surface area contributed by atoms with Crippen molar-refractivity contribution in [1.82, 2.24) is 45.0 Å². The van der Waals surface area contributed by atoms with Gasteiger partial charge in [-0.25, -0.2) is 14.6 Å². The van der Waals surface area contributed by atoms with Gasteiger partial charge < -0.3 is 25.4 Å². The van der Waals surface area contributed by atoms with Gasteiger partial charge in [0.1, 0.15) is 35.3 Å². The van der Waals surface area contributed by atoms with E-state index in [9.17, 15) is 14.4 Å². The highest BCUT2D eigenvalue weighted by molar-refractivity contribution is 6.02. The molecule has 342 valence electrons. The largest absolute Gasteiger partial charge is 0.383 e. The van der Waals surface area contributed by atoms with Crippen LogP contribution in [-0.4, -0.2) is 96.2 Å². The lowest BCUT2D eigenvalue weighted by atomic mass is 9.89. The Labute approximate surface area is 380 Å². The zero-order chi connectivity index (χ0) is 44.3. The van der Waals surface area contributed by atoms with Gasteiger partial charge in [0.05, 0.1) is 22.7 Å². The number of unbranched alkanes of at least 4 members (excludes halogenated alkanes) is 4. The van der Waals surface area contributed by atoms with Crippen molar-refractivity contribution < 1.29 is 18.9 Å². The molecule has 15 nitrogen and oxygen atoms in total. The molecule has 3 saturated heterocycles. The van der Waals surface area contributed by atoms with E-state index in [4.69, 9.17) is 20.3 Å². The number of rotatable bonds is 16. The Morgan fingerprint density at radius 3 is 2.23 bits per heavy atom. The van der Waals surface area contributed by atoms with Crippen molar-refractivity contribution in [2.75, 3.05) is 43.8 Å². The third-order valence-corrected chi connectivity index (χ3v) is 14.9. The van der Waals surface area contributed by atoms with Gasteiger partial charge in [0.2, 0.25) is 17.7 Å². The predicted molar refractivity (Wildman–Crippen MR) is 249 cm³/mol. The molecule has 65 heavy (non-hydrogen) atoms. The van der Waals surface area contributed by atoms with Gasteiger partial charge in [0.15, 0.2) is 5.65 Å². The van der Waals surface area contributed by atoms with E-state index in [0.29, 0.717) is 60.1 Å². The number of nitrogen functional groups attached to an aromatic ring is 1. The molecular weight excluding hydrogens is 819 g/mol. The maximum absolute atomic E-state index is 13.2. The number of carbonyl (C=O) groups excluding carboxylic acids is 3. The first-order valence-electron chi connectivity index (χ1n) is 24.5. The molecule has 1 atom stereocenters. The number of piperidine rings is 3. The normalized spacial score (nSPS) is 20.5. The number of nitrogens with zero attached hydrogens (tertiary/aromatic N) is 8. The number of pyridine rings is 1. The second-order valence-electron chi connectivity index (χ2n) is 19.3. The van der Waals surface area contributed by atoms with E-state index in [1.807, 2.05) is 10.9 Å². The number of fused-ring (bicyclic) bond motifs is 1. The average Bonchev–Trinajstić information content (AvgIpc) is 3.66. The van der Waals surface area contributed by atoms with Crippen LogP contribution < -0.4 is 16.4 Å². The van der Waals surface area contributed by atoms with Crippen LogP contribution in [0.4, 0.5) is 11.5 Å². The molecule has 2 saturated carbocycles. The summed E-state index contributed by atoms with van der Waals surface area (Å²) in [6, 6.07) is 12.7. The highest BCUT2D eigenvalue weighted by atomic mass is 16.5. The maximum Gasteiger partial charge on any atom is 0.249 e. The van der Waals surface area contributed by atoms with E-state index in [1.165, 1.54) is 49.6 Å². The third kappa shape index (κ3) is 9.66. The van der Waals surface area contributed by atoms with Crippen LogP contribution in [0.25, 0.3) is 33.7 Å². The number of aromatic nitrogens is 6. The lowest BCUT2D eigenvalue weighted by Gasteiger charge is -2.32. The molecule has 4 aromatic heterocycles. The summed E-state index contributed by atoms with van der Waals surface area (Å²) in [5, 5.41) is 16.1. The average molecular weight is 882 g/mol. The topological polar surface area (TPSA) is 190 Å². The standard InChI is InChI=1S/C50H63N11O4/c51-48-44-45(57-61(38-8-5-6-9-38)49(44)54-31-53-48)46-43(47(65-58-46)35-11-12-35)39-18-15-36(30-52-39)34-23-28-60(29-24-34)42(63)10-4-2-1-3-7-25-59-26-21-33(22-27-59)32-13-16-37(17-14-32)55-40-19-20-41(62)56-50(40)64/h13-18,30-31,33-35,38,40,55H,1-12,19-29H2,(H2,51,53,54)(H,56,62,64). The molecule has 3 aliphatic heterocycles. The number of nitrogens with two attached hydrogens (primary N) is 1. The molecule has 1 aromatic carbocycles. The summed E-state index contributed by atoms with van der Waals surface area (Å²) in [5.74, 6) is 2.36. The molecule has 5 aromatic rings. The SMILES string of the molecule is Nc1ncnc2c1c(-c1noc(C3CC3)c1-c1ccc(C3CCN(C(=O)CCCCCCCN4CCC(c5ccc(NC6CCC(=O)NC6=O)cc5)CC4)CC3)cn1)nn2C1CCCC1. The fourth-order valence-corrected chi connectivity index (χ4v) is 10.8. The second kappa shape index (κ2) is 19.4. The summed E-state index contributed by atoms with van der Waals surface area (Å²) in [4.78, 5) is 55.5. The van der Waals surface area contributed by atoms with Crippen LogP contribution in [0.1, 0.15) is 156 Å². The smallest absolute Gasteiger partial charge is 0.249 e. The van der Waals surface area contributed by atoms with Crippen LogP contribution in [0.15, 0.2) is 53.4 Å². The molecule has 15 heteroatoms. The quantitative estimate of drug-likeness (QED) is 0.0636. The van der Waals surface area contributed by atoms with Crippen LogP contribution >= 0.6 is 0 Å². The number of anilines is 2. The molecule has 0 bridgehead atoms. The molecule has 5 fully saturated rings. The lowest BCUT2D eigenvalue weighted by molar-refractivity contribution is -0.134. The second-order valence-corrected chi connectivity index (χ2v) is 19.3. The molecule has 3 amide bonds. The van der Waals surface area contributed by atoms with Crippen molar-refractivity contribution in [3.8, 4) is 22.6 Å². The Balaban J connectivity index is 0.643. The van der Waals surface area contributed by atoms with Crippen LogP contribution in [0, 0.1) is 0 Å². The highest BCUT2D eigenvalue weighted by Gasteiger charge is 2.36. The minimum atomic E-state index is -0.359. The zero-order valence-electron chi connectivity index (χ0n) is 37.6. The van der Waals surface area contributed by atoms with Gasteiger partial charge in [-0.15, -0.1) is 0 Å². The molecule has 4 N–H and O–H groups in total. The summed E-state index contributed by atoms with van der Waals surface area (Å²) in [6.07, 6.45) is 21.5. The molecule has 1 unspecified atom stereocenters. The van der Waals surface area contributed by atoms with Crippen LogP contribution in [0.2, 0.25) is 0 Å². The van der Waals surface area contributed by atoms with Crippen molar-refractivity contribution in [2.24, 2.45) is 0 Å². The lowest BCUT2D eigenvalue weighted by Crippen LogP contribution is -2.47. The first-order valence-corrected chi connectivity index (χ1v) is 24.5. The maximum atomic E-state index is 13.2. The van der Waals surface area contributed by atoms with Gasteiger partial charge >= 0.3 is 0 Å². The summed E-state index contributed by atoms with van der Waals surface area (Å²) >= 11 is 0. The minimum Gasteiger partial charge on any atom is -0.383 e. The number of imide groups is 1. The van der Waals surface area contributed by atoms with Gasteiger partial charge in [-0.05, 0) is 131 Å². The molecular formula is C50H63N11O4. The van der Waals surface area contributed by atoms with Crippen LogP contribution in [-0.2, 0) is 14.4 Å². The molecule has 7 heterocycles. The Hall–Kier alpha value is -5.70. The van der Waals surface area contributed by atoms with Crippen molar-refractivity contribution in [2.45, 2.75) is 145 Å². The molecule has 0 spiro atoms. The summed E-state index contributed by atoms with van der Waals surface area (Å²) in [6.45, 7) is 4.97. The van der Waals surface area contributed by atoms with Crippen molar-refractivity contribution in [3.05, 3.63) is 65.8 Å². The third-order valence-electron chi connectivity index (χ3n) is 14.9. The number of nitrogens with one attached hydrogen (secondary N) is 2. The van der Waals surface area contributed by atoms with Crippen molar-refractivity contribution in [1.29, 1.82) is 0 Å². The number of carbonyl (C=O) groups is 3. The monoisotopic (exact) mass is 882 g/mol. The van der Waals surface area contributed by atoms with E-state index < -0.39 is 0 Å². The van der Waals surface area contributed by atoms with Crippen molar-refractivity contribution >= 4 is 40.3 Å². The molecule has 2 aliphatic carbocycles. The van der Waals surface area contributed by atoms with Crippen molar-refractivity contribution in [3.63, 3.8) is 0 Å².